The third-order valence-electron chi connectivity index (χ3n) is 2.61. The number of amides is 2. The number of nitrogens with zero attached hydrogens (tertiary/aromatic N) is 1. The van der Waals surface area contributed by atoms with Crippen molar-refractivity contribution in [3.05, 3.63) is 23.7 Å². The molecule has 6 heteroatoms. The molecular formula is C12H18N2O3S. The van der Waals surface area contributed by atoms with E-state index in [0.717, 1.165) is 11.3 Å². The molecule has 1 aromatic heterocycles. The maximum atomic E-state index is 12.1. The molecular weight excluding hydrogens is 252 g/mol. The Balaban J connectivity index is 2.65. The van der Waals surface area contributed by atoms with Gasteiger partial charge < -0.3 is 14.6 Å². The Morgan fingerprint density at radius 3 is 2.67 bits per heavy atom. The zero-order valence-electron chi connectivity index (χ0n) is 10.8. The first-order valence-electron chi connectivity index (χ1n) is 5.61. The largest absolute Gasteiger partial charge is 0.469 e. The number of likely N-dealkylation sites (N-methyl/N-ethyl adjacent to an activating group) is 1. The van der Waals surface area contributed by atoms with Crippen LogP contribution in [0.4, 0.5) is 0 Å². The maximum Gasteiger partial charge on any atom is 0.246 e. The topological polar surface area (TPSA) is 62.6 Å². The molecule has 0 saturated carbocycles. The number of carbonyl (C=O) groups is 2. The highest BCUT2D eigenvalue weighted by Crippen LogP contribution is 2.11. The van der Waals surface area contributed by atoms with E-state index >= 15 is 0 Å². The predicted octanol–water partition coefficient (Wildman–Crippen LogP) is 0.981. The lowest BCUT2D eigenvalue weighted by Crippen LogP contribution is -2.47. The van der Waals surface area contributed by atoms with Crippen molar-refractivity contribution < 1.29 is 14.0 Å². The number of nitrogens with one attached hydrogen (secondary N) is 1. The number of hydrogen-bond donors (Lipinski definition) is 2. The van der Waals surface area contributed by atoms with Crippen molar-refractivity contribution in [2.75, 3.05) is 12.8 Å². The number of hydrogen-bond acceptors (Lipinski definition) is 4. The zero-order valence-corrected chi connectivity index (χ0v) is 11.7. The number of furan rings is 1. The number of rotatable bonds is 5. The highest BCUT2D eigenvalue weighted by atomic mass is 32.1. The molecule has 0 radical (unpaired) electrons. The average Bonchev–Trinajstić information content (AvgIpc) is 2.70. The molecule has 1 rings (SSSR count). The number of thiol groups is 1. The lowest BCUT2D eigenvalue weighted by atomic mass is 10.2. The Morgan fingerprint density at radius 1 is 1.56 bits per heavy atom. The Hall–Kier alpha value is -1.43. The first-order chi connectivity index (χ1) is 8.45. The molecule has 0 aromatic carbocycles. The minimum atomic E-state index is -0.594. The van der Waals surface area contributed by atoms with Crippen LogP contribution in [0.15, 0.2) is 16.7 Å². The molecule has 18 heavy (non-hydrogen) atoms. The molecule has 0 aliphatic heterocycles. The summed E-state index contributed by atoms with van der Waals surface area (Å²) < 4.78 is 5.17. The molecule has 0 bridgehead atoms. The van der Waals surface area contributed by atoms with Crippen LogP contribution in [-0.4, -0.2) is 35.6 Å². The van der Waals surface area contributed by atoms with E-state index < -0.39 is 6.04 Å². The molecule has 2 amide bonds. The van der Waals surface area contributed by atoms with E-state index in [-0.39, 0.29) is 17.6 Å². The van der Waals surface area contributed by atoms with E-state index in [9.17, 15) is 9.59 Å². The van der Waals surface area contributed by atoms with Gasteiger partial charge >= 0.3 is 0 Å². The summed E-state index contributed by atoms with van der Waals surface area (Å²) in [6.45, 7) is 3.67. The fourth-order valence-electron chi connectivity index (χ4n) is 1.61. The molecule has 100 valence electrons. The van der Waals surface area contributed by atoms with E-state index in [1.54, 1.807) is 18.2 Å². The minimum Gasteiger partial charge on any atom is -0.469 e. The second-order valence-corrected chi connectivity index (χ2v) is 4.50. The van der Waals surface area contributed by atoms with Gasteiger partial charge in [0.25, 0.3) is 0 Å². The van der Waals surface area contributed by atoms with Gasteiger partial charge in [0.1, 0.15) is 11.8 Å². The van der Waals surface area contributed by atoms with Gasteiger partial charge in [-0.2, -0.15) is 12.6 Å². The monoisotopic (exact) mass is 270 g/mol. The van der Waals surface area contributed by atoms with Crippen molar-refractivity contribution in [1.82, 2.24) is 10.2 Å². The summed E-state index contributed by atoms with van der Waals surface area (Å²) in [5.41, 5.74) is 0.951. The van der Waals surface area contributed by atoms with Gasteiger partial charge in [0, 0.05) is 31.8 Å². The minimum absolute atomic E-state index is 0.166. The van der Waals surface area contributed by atoms with Crippen molar-refractivity contribution in [2.45, 2.75) is 26.4 Å². The third-order valence-corrected chi connectivity index (χ3v) is 2.97. The lowest BCUT2D eigenvalue weighted by Gasteiger charge is -2.23. The van der Waals surface area contributed by atoms with Crippen molar-refractivity contribution in [3.63, 3.8) is 0 Å². The van der Waals surface area contributed by atoms with Crippen LogP contribution in [0.2, 0.25) is 0 Å². The summed E-state index contributed by atoms with van der Waals surface area (Å²) in [5.74, 6) is 0.653. The van der Waals surface area contributed by atoms with Crippen LogP contribution in [-0.2, 0) is 16.1 Å². The summed E-state index contributed by atoms with van der Waals surface area (Å²) in [6.07, 6.45) is 1.59. The van der Waals surface area contributed by atoms with E-state index in [1.807, 2.05) is 13.0 Å². The van der Waals surface area contributed by atoms with Crippen LogP contribution >= 0.6 is 12.6 Å². The first-order valence-corrected chi connectivity index (χ1v) is 6.24. The van der Waals surface area contributed by atoms with Crippen LogP contribution in [0.5, 0.6) is 0 Å². The fraction of sp³-hybridized carbons (Fsp3) is 0.500. The van der Waals surface area contributed by atoms with E-state index in [4.69, 9.17) is 4.42 Å². The average molecular weight is 270 g/mol. The summed E-state index contributed by atoms with van der Waals surface area (Å²) in [7, 11) is 1.69. The fourth-order valence-corrected chi connectivity index (χ4v) is 1.85. The van der Waals surface area contributed by atoms with Crippen LogP contribution in [0, 0.1) is 6.92 Å². The van der Waals surface area contributed by atoms with Gasteiger partial charge in [0.15, 0.2) is 0 Å². The maximum absolute atomic E-state index is 12.1. The number of carbonyl (C=O) groups excluding carboxylic acids is 2. The Kier molecular flexibility index (Phi) is 5.27. The van der Waals surface area contributed by atoms with Crippen LogP contribution in [0.3, 0.4) is 0 Å². The quantitative estimate of drug-likeness (QED) is 0.784. The summed E-state index contributed by atoms with van der Waals surface area (Å²) in [4.78, 5) is 24.6. The van der Waals surface area contributed by atoms with Crippen molar-refractivity contribution in [1.29, 1.82) is 0 Å². The summed E-state index contributed by atoms with van der Waals surface area (Å²) >= 11 is 4.08. The van der Waals surface area contributed by atoms with Crippen molar-refractivity contribution >= 4 is 24.4 Å². The predicted molar refractivity (Wildman–Crippen MR) is 71.4 cm³/mol. The van der Waals surface area contributed by atoms with Gasteiger partial charge in [0.2, 0.25) is 11.8 Å². The third kappa shape index (κ3) is 3.80. The molecule has 1 N–H and O–H groups in total. The van der Waals surface area contributed by atoms with Gasteiger partial charge in [-0.25, -0.2) is 0 Å². The van der Waals surface area contributed by atoms with E-state index in [1.165, 1.54) is 6.92 Å². The smallest absolute Gasteiger partial charge is 0.246 e. The van der Waals surface area contributed by atoms with Crippen LogP contribution < -0.4 is 5.32 Å². The normalized spacial score (nSPS) is 12.0. The first kappa shape index (κ1) is 14.6. The molecule has 1 heterocycles. The molecule has 5 nitrogen and oxygen atoms in total. The molecule has 0 saturated heterocycles. The van der Waals surface area contributed by atoms with Crippen LogP contribution in [0.25, 0.3) is 0 Å². The van der Waals surface area contributed by atoms with E-state index in [2.05, 4.69) is 17.9 Å². The second-order valence-electron chi connectivity index (χ2n) is 4.13. The van der Waals surface area contributed by atoms with E-state index in [0.29, 0.717) is 6.54 Å². The Morgan fingerprint density at radius 2 is 2.22 bits per heavy atom. The Bertz CT molecular complexity index is 431. The summed E-state index contributed by atoms with van der Waals surface area (Å²) in [6, 6.07) is 1.23. The second kappa shape index (κ2) is 6.49. The van der Waals surface area contributed by atoms with Gasteiger partial charge in [-0.15, -0.1) is 0 Å². The number of aryl methyl sites for hydroxylation is 1. The van der Waals surface area contributed by atoms with Crippen molar-refractivity contribution in [2.24, 2.45) is 0 Å². The molecule has 0 fully saturated rings. The lowest BCUT2D eigenvalue weighted by molar-refractivity contribution is -0.134. The molecule has 1 aromatic rings. The zero-order chi connectivity index (χ0) is 13.7. The van der Waals surface area contributed by atoms with Crippen LogP contribution in [0.1, 0.15) is 18.2 Å². The molecule has 1 unspecified atom stereocenters. The SMILES string of the molecule is CC(=O)NC(CS)C(=O)N(C)Cc1ccoc1C. The highest BCUT2D eigenvalue weighted by molar-refractivity contribution is 7.80. The highest BCUT2D eigenvalue weighted by Gasteiger charge is 2.22. The molecule has 0 aliphatic carbocycles. The Labute approximate surface area is 112 Å². The standard InChI is InChI=1S/C12H18N2O3S/c1-8-10(4-5-17-8)6-14(3)12(16)11(7-18)13-9(2)15/h4-5,11,18H,6-7H2,1-3H3,(H,13,15). The van der Waals surface area contributed by atoms with Crippen molar-refractivity contribution in [3.8, 4) is 0 Å². The molecule has 1 atom stereocenters. The van der Waals surface area contributed by atoms with Gasteiger partial charge in [-0.3, -0.25) is 9.59 Å². The van der Waals surface area contributed by atoms with Gasteiger partial charge in [0.05, 0.1) is 6.26 Å². The molecule has 0 aliphatic rings. The van der Waals surface area contributed by atoms with Gasteiger partial charge in [-0.05, 0) is 13.0 Å². The van der Waals surface area contributed by atoms with Gasteiger partial charge in [-0.1, -0.05) is 0 Å². The molecule has 0 spiro atoms. The summed E-state index contributed by atoms with van der Waals surface area (Å²) in [5, 5.41) is 2.57.